The fourth-order valence-electron chi connectivity index (χ4n) is 3.57. The Morgan fingerprint density at radius 2 is 1.91 bits per heavy atom. The number of halogens is 1. The molecule has 1 aliphatic heterocycles. The van der Waals surface area contributed by atoms with Crippen LogP contribution in [-0.4, -0.2) is 46.7 Å². The summed E-state index contributed by atoms with van der Waals surface area (Å²) in [6.07, 6.45) is 4.13. The van der Waals surface area contributed by atoms with E-state index >= 15 is 0 Å². The molecule has 0 N–H and O–H groups in total. The van der Waals surface area contributed by atoms with Crippen molar-refractivity contribution in [2.45, 2.75) is 37.6 Å². The molecular formula is C17H19FN2O3. The Balaban J connectivity index is 1.82. The topological polar surface area (TPSA) is 57.7 Å². The van der Waals surface area contributed by atoms with Gasteiger partial charge in [-0.1, -0.05) is 31.4 Å². The number of carbonyl (C=O) groups excluding carboxylic acids is 3. The number of imide groups is 1. The van der Waals surface area contributed by atoms with E-state index in [1.54, 1.807) is 7.05 Å². The molecular weight excluding hydrogens is 299 g/mol. The van der Waals surface area contributed by atoms with Crippen molar-refractivity contribution in [2.24, 2.45) is 0 Å². The Kier molecular flexibility index (Phi) is 3.92. The molecule has 2 fully saturated rings. The second-order valence-corrected chi connectivity index (χ2v) is 6.26. The molecule has 3 rings (SSSR count). The Morgan fingerprint density at radius 1 is 1.22 bits per heavy atom. The Hall–Kier alpha value is -2.24. The van der Waals surface area contributed by atoms with E-state index < -0.39 is 23.2 Å². The first kappa shape index (κ1) is 15.6. The normalized spacial score (nSPS) is 20.4. The van der Waals surface area contributed by atoms with Gasteiger partial charge in [-0.05, 0) is 25.0 Å². The van der Waals surface area contributed by atoms with Gasteiger partial charge in [-0.2, -0.15) is 0 Å². The first-order valence-corrected chi connectivity index (χ1v) is 7.84. The number of hydrogen-bond acceptors (Lipinski definition) is 3. The molecule has 0 unspecified atom stereocenters. The second-order valence-electron chi connectivity index (χ2n) is 6.26. The summed E-state index contributed by atoms with van der Waals surface area (Å²) in [6, 6.07) is 4.84. The Bertz CT molecular complexity index is 668. The first-order valence-electron chi connectivity index (χ1n) is 7.84. The molecule has 3 amide bonds. The first-order chi connectivity index (χ1) is 11.0. The van der Waals surface area contributed by atoms with E-state index in [4.69, 9.17) is 0 Å². The van der Waals surface area contributed by atoms with Crippen LogP contribution in [0.15, 0.2) is 24.3 Å². The molecule has 0 aromatic heterocycles. The number of carbonyl (C=O) groups is 3. The smallest absolute Gasteiger partial charge is 0.313 e. The van der Waals surface area contributed by atoms with Crippen LogP contribution in [0.4, 0.5) is 9.18 Å². The lowest BCUT2D eigenvalue weighted by atomic mass is 9.80. The molecule has 1 saturated heterocycles. The van der Waals surface area contributed by atoms with E-state index in [2.05, 4.69) is 0 Å². The quantitative estimate of drug-likeness (QED) is 0.636. The molecule has 1 heterocycles. The van der Waals surface area contributed by atoms with Crippen LogP contribution < -0.4 is 0 Å². The van der Waals surface area contributed by atoms with Crippen molar-refractivity contribution in [3.05, 3.63) is 35.6 Å². The van der Waals surface area contributed by atoms with Gasteiger partial charge in [-0.15, -0.1) is 0 Å². The summed E-state index contributed by atoms with van der Waals surface area (Å²) in [5, 5.41) is 0. The predicted molar refractivity (Wildman–Crippen MR) is 81.4 cm³/mol. The van der Waals surface area contributed by atoms with Gasteiger partial charge in [0.2, 0.25) is 0 Å². The van der Waals surface area contributed by atoms with Crippen LogP contribution in [0, 0.1) is 5.82 Å². The largest absolute Gasteiger partial charge is 0.327 e. The van der Waals surface area contributed by atoms with E-state index in [1.165, 1.54) is 23.1 Å². The Labute approximate surface area is 134 Å². The minimum Gasteiger partial charge on any atom is -0.313 e. The van der Waals surface area contributed by atoms with Crippen molar-refractivity contribution in [3.8, 4) is 0 Å². The number of amides is 3. The maximum absolute atomic E-state index is 13.2. The molecule has 0 atom stereocenters. The van der Waals surface area contributed by atoms with Crippen LogP contribution in [0.25, 0.3) is 0 Å². The number of urea groups is 1. The van der Waals surface area contributed by atoms with Crippen molar-refractivity contribution in [1.29, 1.82) is 0 Å². The Morgan fingerprint density at radius 3 is 2.57 bits per heavy atom. The van der Waals surface area contributed by atoms with Crippen LogP contribution in [0.3, 0.4) is 0 Å². The molecule has 1 aromatic rings. The standard InChI is InChI=1S/C17H19FN2O3/c1-19-16(23)20(15(22)17(19)8-3-2-4-9-17)11-14(21)12-6-5-7-13(18)10-12/h5-7,10H,2-4,8-9,11H2,1H3. The summed E-state index contributed by atoms with van der Waals surface area (Å²) in [6.45, 7) is -0.340. The molecule has 6 heteroatoms. The van der Waals surface area contributed by atoms with E-state index in [-0.39, 0.29) is 18.0 Å². The van der Waals surface area contributed by atoms with Gasteiger partial charge in [0.15, 0.2) is 5.78 Å². The molecule has 1 aromatic carbocycles. The SMILES string of the molecule is CN1C(=O)N(CC(=O)c2cccc(F)c2)C(=O)C12CCCCC2. The third kappa shape index (κ3) is 2.52. The fraction of sp³-hybridized carbons (Fsp3) is 0.471. The van der Waals surface area contributed by atoms with Crippen molar-refractivity contribution >= 4 is 17.7 Å². The molecule has 23 heavy (non-hydrogen) atoms. The summed E-state index contributed by atoms with van der Waals surface area (Å²) in [7, 11) is 1.62. The zero-order chi connectivity index (χ0) is 16.6. The zero-order valence-corrected chi connectivity index (χ0v) is 13.0. The number of nitrogens with zero attached hydrogens (tertiary/aromatic N) is 2. The van der Waals surface area contributed by atoms with Gasteiger partial charge in [0.05, 0.1) is 6.54 Å². The maximum atomic E-state index is 13.2. The van der Waals surface area contributed by atoms with E-state index in [0.29, 0.717) is 12.8 Å². The lowest BCUT2D eigenvalue weighted by Gasteiger charge is -2.35. The molecule has 122 valence electrons. The van der Waals surface area contributed by atoms with Crippen LogP contribution in [0.2, 0.25) is 0 Å². The summed E-state index contributed by atoms with van der Waals surface area (Å²) in [4.78, 5) is 40.0. The number of Topliss-reactive ketones (excluding diaryl/α,β-unsaturated/α-hetero) is 1. The molecule has 1 aliphatic carbocycles. The third-order valence-corrected chi connectivity index (χ3v) is 4.93. The number of likely N-dealkylation sites (N-methyl/N-ethyl adjacent to an activating group) is 1. The highest BCUT2D eigenvalue weighted by Crippen LogP contribution is 2.39. The summed E-state index contributed by atoms with van der Waals surface area (Å²) in [5.41, 5.74) is -0.629. The lowest BCUT2D eigenvalue weighted by molar-refractivity contribution is -0.134. The van der Waals surface area contributed by atoms with Gasteiger partial charge in [-0.3, -0.25) is 14.5 Å². The van der Waals surface area contributed by atoms with E-state index in [9.17, 15) is 18.8 Å². The van der Waals surface area contributed by atoms with E-state index in [1.807, 2.05) is 0 Å². The number of hydrogen-bond donors (Lipinski definition) is 0. The van der Waals surface area contributed by atoms with Gasteiger partial charge in [0.1, 0.15) is 11.4 Å². The molecule has 5 nitrogen and oxygen atoms in total. The summed E-state index contributed by atoms with van der Waals surface area (Å²) >= 11 is 0. The highest BCUT2D eigenvalue weighted by atomic mass is 19.1. The van der Waals surface area contributed by atoms with Crippen LogP contribution >= 0.6 is 0 Å². The predicted octanol–water partition coefficient (Wildman–Crippen LogP) is 2.61. The summed E-state index contributed by atoms with van der Waals surface area (Å²) < 4.78 is 13.2. The van der Waals surface area contributed by atoms with Crippen molar-refractivity contribution in [2.75, 3.05) is 13.6 Å². The van der Waals surface area contributed by atoms with Crippen LogP contribution in [0.1, 0.15) is 42.5 Å². The van der Waals surface area contributed by atoms with Crippen molar-refractivity contribution in [1.82, 2.24) is 9.80 Å². The van der Waals surface area contributed by atoms with Crippen LogP contribution in [0.5, 0.6) is 0 Å². The van der Waals surface area contributed by atoms with Gasteiger partial charge in [0, 0.05) is 12.6 Å². The van der Waals surface area contributed by atoms with E-state index in [0.717, 1.165) is 30.2 Å². The van der Waals surface area contributed by atoms with Gasteiger partial charge in [-0.25, -0.2) is 9.18 Å². The summed E-state index contributed by atoms with van der Waals surface area (Å²) in [5.74, 6) is -1.25. The van der Waals surface area contributed by atoms with Crippen molar-refractivity contribution < 1.29 is 18.8 Å². The maximum Gasteiger partial charge on any atom is 0.327 e. The molecule has 2 aliphatic rings. The molecule has 0 radical (unpaired) electrons. The number of ketones is 1. The number of benzene rings is 1. The van der Waals surface area contributed by atoms with Gasteiger partial charge < -0.3 is 4.90 Å². The minimum absolute atomic E-state index is 0.165. The minimum atomic E-state index is -0.794. The van der Waals surface area contributed by atoms with Crippen LogP contribution in [-0.2, 0) is 4.79 Å². The molecule has 0 bridgehead atoms. The fourth-order valence-corrected chi connectivity index (χ4v) is 3.57. The lowest BCUT2D eigenvalue weighted by Crippen LogP contribution is -2.49. The van der Waals surface area contributed by atoms with Gasteiger partial charge >= 0.3 is 6.03 Å². The monoisotopic (exact) mass is 318 g/mol. The molecule has 1 spiro atoms. The second kappa shape index (κ2) is 5.76. The van der Waals surface area contributed by atoms with Gasteiger partial charge in [0.25, 0.3) is 5.91 Å². The highest BCUT2D eigenvalue weighted by molar-refractivity contribution is 6.11. The highest BCUT2D eigenvalue weighted by Gasteiger charge is 2.55. The molecule has 1 saturated carbocycles. The third-order valence-electron chi connectivity index (χ3n) is 4.93. The average Bonchev–Trinajstić information content (AvgIpc) is 2.72. The van der Waals surface area contributed by atoms with Crippen molar-refractivity contribution in [3.63, 3.8) is 0 Å². The average molecular weight is 318 g/mol. The number of rotatable bonds is 3. The zero-order valence-electron chi connectivity index (χ0n) is 13.0.